The van der Waals surface area contributed by atoms with Crippen LogP contribution in [0.4, 0.5) is 0 Å². The largest absolute Gasteiger partial charge is 0.348 e. The summed E-state index contributed by atoms with van der Waals surface area (Å²) in [6.45, 7) is 5.14. The van der Waals surface area contributed by atoms with Gasteiger partial charge in [-0.25, -0.2) is 0 Å². The van der Waals surface area contributed by atoms with Crippen LogP contribution in [0.1, 0.15) is 20.3 Å². The Morgan fingerprint density at radius 3 is 2.56 bits per heavy atom. The molecule has 0 rings (SSSR count). The van der Waals surface area contributed by atoms with E-state index in [4.69, 9.17) is 0 Å². The van der Waals surface area contributed by atoms with E-state index in [0.29, 0.717) is 5.92 Å². The molecule has 0 aromatic carbocycles. The number of carbonyl (C=O) groups excluding carboxylic acids is 1. The molecule has 0 saturated carbocycles. The van der Waals surface area contributed by atoms with Gasteiger partial charge in [0.1, 0.15) is 0 Å². The van der Waals surface area contributed by atoms with Crippen molar-refractivity contribution in [2.75, 3.05) is 13.6 Å². The summed E-state index contributed by atoms with van der Waals surface area (Å²) in [5.41, 5.74) is 0. The number of carbonyl (C=O) groups is 1. The lowest BCUT2D eigenvalue weighted by Crippen LogP contribution is -2.22. The second kappa shape index (κ2) is 4.36. The van der Waals surface area contributed by atoms with Crippen LogP contribution >= 0.6 is 0 Å². The van der Waals surface area contributed by atoms with E-state index in [9.17, 15) is 4.79 Å². The molecule has 0 aromatic rings. The minimum atomic E-state index is 0.625. The van der Waals surface area contributed by atoms with E-state index in [-0.39, 0.29) is 0 Å². The molecule has 0 bridgehead atoms. The second-order valence-corrected chi connectivity index (χ2v) is 2.56. The number of nitrogens with zero attached hydrogens (tertiary/aromatic N) is 1. The van der Waals surface area contributed by atoms with E-state index in [0.717, 1.165) is 19.4 Å². The highest BCUT2D eigenvalue weighted by molar-refractivity contribution is 5.46. The summed E-state index contributed by atoms with van der Waals surface area (Å²) in [5.74, 6) is 0.625. The van der Waals surface area contributed by atoms with E-state index >= 15 is 0 Å². The lowest BCUT2D eigenvalue weighted by atomic mass is 10.1. The Morgan fingerprint density at radius 1 is 1.67 bits per heavy atom. The molecule has 2 heteroatoms. The maximum absolute atomic E-state index is 10.1. The van der Waals surface area contributed by atoms with Gasteiger partial charge in [0.05, 0.1) is 0 Å². The van der Waals surface area contributed by atoms with E-state index in [1.807, 2.05) is 0 Å². The maximum atomic E-state index is 10.1. The molecule has 0 spiro atoms. The fraction of sp³-hybridized carbons (Fsp3) is 0.857. The summed E-state index contributed by atoms with van der Waals surface area (Å²) in [7, 11) is 1.80. The van der Waals surface area contributed by atoms with Crippen molar-refractivity contribution in [3.8, 4) is 0 Å². The highest BCUT2D eigenvalue weighted by Crippen LogP contribution is 2.00. The predicted molar refractivity (Wildman–Crippen MR) is 38.1 cm³/mol. The first-order chi connectivity index (χ1) is 4.20. The summed E-state index contributed by atoms with van der Waals surface area (Å²) in [4.78, 5) is 11.8. The molecule has 0 N–H and O–H groups in total. The first kappa shape index (κ1) is 8.47. The quantitative estimate of drug-likeness (QED) is 0.521. The zero-order chi connectivity index (χ0) is 7.28. The third-order valence-electron chi connectivity index (χ3n) is 1.48. The molecular formula is C7H15NO. The van der Waals surface area contributed by atoms with Crippen LogP contribution in [-0.2, 0) is 4.79 Å². The smallest absolute Gasteiger partial charge is 0.209 e. The molecule has 1 atom stereocenters. The maximum Gasteiger partial charge on any atom is 0.209 e. The van der Waals surface area contributed by atoms with Crippen LogP contribution in [0.3, 0.4) is 0 Å². The van der Waals surface area contributed by atoms with Crippen molar-refractivity contribution in [1.29, 1.82) is 0 Å². The summed E-state index contributed by atoms with van der Waals surface area (Å²) < 4.78 is 0. The molecule has 0 fully saturated rings. The molecular weight excluding hydrogens is 114 g/mol. The lowest BCUT2D eigenvalue weighted by Gasteiger charge is -2.14. The van der Waals surface area contributed by atoms with Crippen molar-refractivity contribution in [3.05, 3.63) is 0 Å². The van der Waals surface area contributed by atoms with E-state index in [1.165, 1.54) is 0 Å². The Labute approximate surface area is 56.9 Å². The molecule has 0 radical (unpaired) electrons. The minimum Gasteiger partial charge on any atom is -0.348 e. The van der Waals surface area contributed by atoms with Gasteiger partial charge < -0.3 is 4.90 Å². The molecule has 9 heavy (non-hydrogen) atoms. The number of amides is 1. The Kier molecular flexibility index (Phi) is 4.10. The summed E-state index contributed by atoms with van der Waals surface area (Å²) >= 11 is 0. The summed E-state index contributed by atoms with van der Waals surface area (Å²) in [6, 6.07) is 0. The van der Waals surface area contributed by atoms with Crippen LogP contribution in [0.2, 0.25) is 0 Å². The van der Waals surface area contributed by atoms with Crippen LogP contribution in [0.5, 0.6) is 0 Å². The van der Waals surface area contributed by atoms with Crippen molar-refractivity contribution in [2.45, 2.75) is 20.3 Å². The van der Waals surface area contributed by atoms with Gasteiger partial charge in [-0.2, -0.15) is 0 Å². The summed E-state index contributed by atoms with van der Waals surface area (Å²) in [6.07, 6.45) is 2.00. The van der Waals surface area contributed by atoms with Gasteiger partial charge in [-0.05, 0) is 5.92 Å². The number of rotatable bonds is 4. The van der Waals surface area contributed by atoms with Crippen molar-refractivity contribution >= 4 is 6.41 Å². The zero-order valence-corrected chi connectivity index (χ0v) is 6.42. The molecule has 0 aliphatic carbocycles. The summed E-state index contributed by atoms with van der Waals surface area (Å²) in [5, 5.41) is 0. The molecule has 54 valence electrons. The van der Waals surface area contributed by atoms with Crippen molar-refractivity contribution < 1.29 is 4.79 Å². The number of hydrogen-bond acceptors (Lipinski definition) is 1. The van der Waals surface area contributed by atoms with Crippen LogP contribution in [0, 0.1) is 5.92 Å². The Balaban J connectivity index is 3.33. The van der Waals surface area contributed by atoms with E-state index in [2.05, 4.69) is 13.8 Å². The van der Waals surface area contributed by atoms with Crippen LogP contribution in [0.15, 0.2) is 0 Å². The van der Waals surface area contributed by atoms with Gasteiger partial charge in [0, 0.05) is 13.6 Å². The van der Waals surface area contributed by atoms with Crippen LogP contribution in [0.25, 0.3) is 0 Å². The molecule has 1 amide bonds. The average molecular weight is 129 g/mol. The van der Waals surface area contributed by atoms with Crippen molar-refractivity contribution in [3.63, 3.8) is 0 Å². The molecule has 0 aliphatic heterocycles. The third-order valence-corrected chi connectivity index (χ3v) is 1.48. The number of hydrogen-bond donors (Lipinski definition) is 0. The van der Waals surface area contributed by atoms with Gasteiger partial charge in [0.25, 0.3) is 0 Å². The van der Waals surface area contributed by atoms with Gasteiger partial charge >= 0.3 is 0 Å². The Morgan fingerprint density at radius 2 is 2.22 bits per heavy atom. The lowest BCUT2D eigenvalue weighted by molar-refractivity contribution is -0.117. The van der Waals surface area contributed by atoms with Gasteiger partial charge in [0.2, 0.25) is 6.41 Å². The van der Waals surface area contributed by atoms with Gasteiger partial charge in [-0.3, -0.25) is 4.79 Å². The normalized spacial score (nSPS) is 12.8. The topological polar surface area (TPSA) is 20.3 Å². The SMILES string of the molecule is CC[C@H](C)CN(C)C=O. The first-order valence-electron chi connectivity index (χ1n) is 3.36. The molecule has 0 aromatic heterocycles. The highest BCUT2D eigenvalue weighted by Gasteiger charge is 1.99. The van der Waals surface area contributed by atoms with E-state index < -0.39 is 0 Å². The van der Waals surface area contributed by atoms with Crippen LogP contribution < -0.4 is 0 Å². The fourth-order valence-corrected chi connectivity index (χ4v) is 0.664. The Bertz CT molecular complexity index is 83.0. The fourth-order valence-electron chi connectivity index (χ4n) is 0.664. The minimum absolute atomic E-state index is 0.625. The van der Waals surface area contributed by atoms with Gasteiger partial charge in [-0.15, -0.1) is 0 Å². The average Bonchev–Trinajstić information content (AvgIpc) is 1.87. The monoisotopic (exact) mass is 129 g/mol. The molecule has 2 nitrogen and oxygen atoms in total. The predicted octanol–water partition coefficient (Wildman–Crippen LogP) is 1.12. The van der Waals surface area contributed by atoms with Gasteiger partial charge in [0.15, 0.2) is 0 Å². The molecule has 0 heterocycles. The standard InChI is InChI=1S/C7H15NO/c1-4-7(2)5-8(3)6-9/h6-7H,4-5H2,1-3H3/t7-/m0/s1. The van der Waals surface area contributed by atoms with Gasteiger partial charge in [-0.1, -0.05) is 20.3 Å². The Hall–Kier alpha value is -0.530. The van der Waals surface area contributed by atoms with Crippen molar-refractivity contribution in [2.24, 2.45) is 5.92 Å². The molecule has 0 aliphatic rings. The third kappa shape index (κ3) is 4.01. The van der Waals surface area contributed by atoms with E-state index in [1.54, 1.807) is 11.9 Å². The van der Waals surface area contributed by atoms with Crippen molar-refractivity contribution in [1.82, 2.24) is 4.90 Å². The molecule has 0 saturated heterocycles. The molecule has 0 unspecified atom stereocenters. The zero-order valence-electron chi connectivity index (χ0n) is 6.42. The first-order valence-corrected chi connectivity index (χ1v) is 3.36. The van der Waals surface area contributed by atoms with Crippen LogP contribution in [-0.4, -0.2) is 24.9 Å². The highest BCUT2D eigenvalue weighted by atomic mass is 16.1. The second-order valence-electron chi connectivity index (χ2n) is 2.56.